The monoisotopic (exact) mass is 544 g/mol. The molecule has 3 aliphatic rings. The maximum atomic E-state index is 14.2. The van der Waals surface area contributed by atoms with Crippen LogP contribution in [0.25, 0.3) is 0 Å². The lowest BCUT2D eigenvalue weighted by Crippen LogP contribution is -2.99. The number of fused-ring (bicyclic) bond motifs is 8. The summed E-state index contributed by atoms with van der Waals surface area (Å²) in [7, 11) is 1.63. The Bertz CT molecular complexity index is 1470. The molecule has 6 atom stereocenters. The molecule has 0 aliphatic carbocycles. The van der Waals surface area contributed by atoms with Gasteiger partial charge in [0.2, 0.25) is 5.91 Å². The standard InChI is InChI=1S/C31H36N4O5/c1-18(2)29(19-7-10-24(40-3)11-8-19)32-31(37)25-15-20-14-23(35(38)39)9-12-27(20)34-16-21-13-22(30(25)34)17-33-26(21)5-4-6-28(33)36/h4-12,14,18,21-22,25,29-30,35,38H,13,15-17H2,1-3H3,(H,32,37)/t21?,22?,25-,29?,30+/m1/s1. The molecule has 1 fully saturated rings. The topological polar surface area (TPSA) is 111 Å². The number of carbonyl (C=O) groups excluding carboxylic acids is 1. The van der Waals surface area contributed by atoms with Crippen LogP contribution < -0.4 is 25.7 Å². The van der Waals surface area contributed by atoms with Crippen LogP contribution in [0.15, 0.2) is 65.5 Å². The van der Waals surface area contributed by atoms with Crippen molar-refractivity contribution in [1.82, 2.24) is 9.88 Å². The number of benzene rings is 2. The number of anilines is 1. The molecule has 1 amide bonds. The summed E-state index contributed by atoms with van der Waals surface area (Å²) in [5, 5.41) is 23.8. The number of nitrogens with one attached hydrogen (secondary N) is 2. The van der Waals surface area contributed by atoms with Gasteiger partial charge in [-0.25, -0.2) is 5.21 Å². The Labute approximate surface area is 233 Å². The van der Waals surface area contributed by atoms with E-state index in [0.717, 1.165) is 34.7 Å². The molecule has 4 unspecified atom stereocenters. The second-order valence-corrected chi connectivity index (χ2v) is 11.7. The van der Waals surface area contributed by atoms with Gasteiger partial charge in [-0.3, -0.25) is 9.59 Å². The van der Waals surface area contributed by atoms with Crippen molar-refractivity contribution in [3.8, 4) is 5.75 Å². The Morgan fingerprint density at radius 1 is 1.12 bits per heavy atom. The highest BCUT2D eigenvalue weighted by Crippen LogP contribution is 2.47. The van der Waals surface area contributed by atoms with Gasteiger partial charge < -0.3 is 24.7 Å². The third-order valence-corrected chi connectivity index (χ3v) is 9.03. The lowest BCUT2D eigenvalue weighted by molar-refractivity contribution is -0.991. The van der Waals surface area contributed by atoms with Crippen molar-refractivity contribution in [1.29, 1.82) is 0 Å². The predicted molar refractivity (Wildman–Crippen MR) is 151 cm³/mol. The molecule has 3 N–H and O–H groups in total. The average Bonchev–Trinajstić information content (AvgIpc) is 2.95. The molecule has 9 heteroatoms. The fourth-order valence-corrected chi connectivity index (χ4v) is 7.19. The lowest BCUT2D eigenvalue weighted by atomic mass is 9.70. The maximum absolute atomic E-state index is 14.2. The van der Waals surface area contributed by atoms with Gasteiger partial charge in [0.1, 0.15) is 5.75 Å². The molecule has 0 saturated carbocycles. The van der Waals surface area contributed by atoms with Gasteiger partial charge in [-0.2, -0.15) is 5.23 Å². The first-order valence-corrected chi connectivity index (χ1v) is 14.0. The predicted octanol–water partition coefficient (Wildman–Crippen LogP) is 2.94. The number of ether oxygens (including phenoxy) is 1. The van der Waals surface area contributed by atoms with E-state index in [1.54, 1.807) is 25.3 Å². The fraction of sp³-hybridized carbons (Fsp3) is 0.419. The summed E-state index contributed by atoms with van der Waals surface area (Å²) in [6.07, 6.45) is 1.37. The van der Waals surface area contributed by atoms with E-state index < -0.39 is 5.23 Å². The van der Waals surface area contributed by atoms with Crippen LogP contribution in [0.2, 0.25) is 0 Å². The first kappa shape index (κ1) is 26.6. The number of rotatable bonds is 6. The minimum absolute atomic E-state index is 0.00309. The molecule has 3 aromatic rings. The van der Waals surface area contributed by atoms with E-state index in [1.807, 2.05) is 47.0 Å². The van der Waals surface area contributed by atoms with Gasteiger partial charge in [0.25, 0.3) is 5.56 Å². The number of aromatic nitrogens is 1. The number of hydrogen-bond donors (Lipinski definition) is 3. The minimum Gasteiger partial charge on any atom is -0.595 e. The van der Waals surface area contributed by atoms with Crippen molar-refractivity contribution in [3.63, 3.8) is 0 Å². The van der Waals surface area contributed by atoms with E-state index in [2.05, 4.69) is 24.1 Å². The van der Waals surface area contributed by atoms with Gasteiger partial charge in [0.15, 0.2) is 5.69 Å². The number of nitrogens with zero attached hydrogens (tertiary/aromatic N) is 2. The number of methoxy groups -OCH3 is 1. The number of pyridine rings is 1. The first-order chi connectivity index (χ1) is 19.2. The van der Waals surface area contributed by atoms with Crippen molar-refractivity contribution in [2.75, 3.05) is 18.6 Å². The fourth-order valence-electron chi connectivity index (χ4n) is 7.19. The highest BCUT2D eigenvalue weighted by molar-refractivity contribution is 5.83. The lowest BCUT2D eigenvalue weighted by Gasteiger charge is -2.54. The van der Waals surface area contributed by atoms with Crippen LogP contribution in [-0.4, -0.2) is 35.4 Å². The summed E-state index contributed by atoms with van der Waals surface area (Å²) in [5.41, 5.74) is 4.15. The number of amides is 1. The van der Waals surface area contributed by atoms with E-state index in [4.69, 9.17) is 4.74 Å². The Morgan fingerprint density at radius 3 is 2.60 bits per heavy atom. The zero-order valence-corrected chi connectivity index (χ0v) is 23.0. The van der Waals surface area contributed by atoms with Crippen molar-refractivity contribution >= 4 is 17.3 Å². The van der Waals surface area contributed by atoms with E-state index in [1.165, 1.54) is 0 Å². The Balaban J connectivity index is 1.38. The van der Waals surface area contributed by atoms with E-state index in [-0.39, 0.29) is 52.9 Å². The summed E-state index contributed by atoms with van der Waals surface area (Å²) < 4.78 is 7.21. The zero-order chi connectivity index (χ0) is 28.1. The largest absolute Gasteiger partial charge is 0.595 e. The molecule has 1 saturated heterocycles. The molecule has 9 nitrogen and oxygen atoms in total. The number of hydrogen-bond acceptors (Lipinski definition) is 6. The molecule has 6 rings (SSSR count). The van der Waals surface area contributed by atoms with Gasteiger partial charge in [-0.15, -0.1) is 0 Å². The molecule has 0 spiro atoms. The normalized spacial score (nSPS) is 24.4. The molecule has 2 aromatic carbocycles. The smallest absolute Gasteiger partial charge is 0.250 e. The van der Waals surface area contributed by atoms with Gasteiger partial charge in [0.05, 0.1) is 19.1 Å². The molecular weight excluding hydrogens is 508 g/mol. The van der Waals surface area contributed by atoms with Gasteiger partial charge in [-0.05, 0) is 60.1 Å². The molecule has 2 bridgehead atoms. The van der Waals surface area contributed by atoms with Crippen molar-refractivity contribution in [2.24, 2.45) is 17.8 Å². The van der Waals surface area contributed by atoms with E-state index >= 15 is 0 Å². The Morgan fingerprint density at radius 2 is 1.90 bits per heavy atom. The molecule has 1 aromatic heterocycles. The summed E-state index contributed by atoms with van der Waals surface area (Å²) in [6.45, 7) is 5.43. The Hall–Kier alpha value is -3.66. The third-order valence-electron chi connectivity index (χ3n) is 9.03. The van der Waals surface area contributed by atoms with Crippen LogP contribution in [0.3, 0.4) is 0 Å². The third kappa shape index (κ3) is 4.58. The summed E-state index contributed by atoms with van der Waals surface area (Å²) in [6, 6.07) is 18.2. The second-order valence-electron chi connectivity index (χ2n) is 11.7. The zero-order valence-electron chi connectivity index (χ0n) is 23.0. The first-order valence-electron chi connectivity index (χ1n) is 14.0. The van der Waals surface area contributed by atoms with Crippen LogP contribution in [0, 0.1) is 23.0 Å². The summed E-state index contributed by atoms with van der Waals surface area (Å²) in [5.74, 6) is 0.770. The van der Waals surface area contributed by atoms with Crippen LogP contribution in [0.5, 0.6) is 5.75 Å². The Kier molecular flexibility index (Phi) is 6.90. The average molecular weight is 545 g/mol. The SMILES string of the molecule is COc1ccc(C(NC(=O)[C@@H]2Cc3cc([NH+]([O-])O)ccc3N3CC4CC(Cn5c4cccc5=O)[C@@H]23)C(C)C)cc1. The van der Waals surface area contributed by atoms with E-state index in [9.17, 15) is 20.0 Å². The van der Waals surface area contributed by atoms with Crippen molar-refractivity contribution in [3.05, 3.63) is 93.0 Å². The van der Waals surface area contributed by atoms with E-state index in [0.29, 0.717) is 19.5 Å². The molecule has 4 heterocycles. The molecule has 0 radical (unpaired) electrons. The molecule has 210 valence electrons. The number of carbonyl (C=O) groups is 1. The number of quaternary nitrogens is 1. The number of piperidine rings is 1. The van der Waals surface area contributed by atoms with Crippen LogP contribution >= 0.6 is 0 Å². The van der Waals surface area contributed by atoms with Crippen LogP contribution in [0.1, 0.15) is 49.0 Å². The van der Waals surface area contributed by atoms with Crippen LogP contribution in [0.4, 0.5) is 11.4 Å². The minimum atomic E-state index is -0.978. The summed E-state index contributed by atoms with van der Waals surface area (Å²) in [4.78, 5) is 29.3. The molecule has 40 heavy (non-hydrogen) atoms. The second kappa shape index (κ2) is 10.4. The van der Waals surface area contributed by atoms with Gasteiger partial charge in [0, 0.05) is 54.6 Å². The van der Waals surface area contributed by atoms with Gasteiger partial charge >= 0.3 is 0 Å². The molecule has 3 aliphatic heterocycles. The van der Waals surface area contributed by atoms with Crippen LogP contribution in [-0.2, 0) is 17.8 Å². The van der Waals surface area contributed by atoms with Crippen molar-refractivity contribution < 1.29 is 20.0 Å². The summed E-state index contributed by atoms with van der Waals surface area (Å²) >= 11 is 0. The highest BCUT2D eigenvalue weighted by Gasteiger charge is 2.49. The van der Waals surface area contributed by atoms with Gasteiger partial charge in [-0.1, -0.05) is 32.0 Å². The maximum Gasteiger partial charge on any atom is 0.250 e. The highest BCUT2D eigenvalue weighted by atomic mass is 16.8. The quantitative estimate of drug-likeness (QED) is 0.412. The van der Waals surface area contributed by atoms with Crippen molar-refractivity contribution in [2.45, 2.75) is 51.2 Å². The molecular formula is C31H36N4O5.